The van der Waals surface area contributed by atoms with Crippen molar-refractivity contribution in [2.45, 2.75) is 18.7 Å². The number of amides is 1. The second-order valence-corrected chi connectivity index (χ2v) is 6.50. The lowest BCUT2D eigenvalue weighted by Crippen LogP contribution is -2.32. The van der Waals surface area contributed by atoms with E-state index in [4.69, 9.17) is 0 Å². The molecular formula is C17H24Cl2N4OS. The minimum Gasteiger partial charge on any atom is -0.351 e. The maximum absolute atomic E-state index is 12.3. The van der Waals surface area contributed by atoms with E-state index in [-0.39, 0.29) is 30.7 Å². The Morgan fingerprint density at radius 3 is 2.88 bits per heavy atom. The number of fused-ring (bicyclic) bond motifs is 1. The average Bonchev–Trinajstić information content (AvgIpc) is 2.92. The first-order valence-electron chi connectivity index (χ1n) is 7.86. The highest BCUT2D eigenvalue weighted by Gasteiger charge is 2.13. The van der Waals surface area contributed by atoms with Crippen molar-refractivity contribution in [2.75, 3.05) is 25.9 Å². The number of benzene rings is 1. The lowest BCUT2D eigenvalue weighted by atomic mass is 10.1. The Morgan fingerprint density at radius 1 is 1.36 bits per heavy atom. The largest absolute Gasteiger partial charge is 0.351 e. The zero-order valence-electron chi connectivity index (χ0n) is 14.2. The summed E-state index contributed by atoms with van der Waals surface area (Å²) in [5.41, 5.74) is 3.27. The number of imidazole rings is 1. The SMILES string of the molecule is CSCc1nc2ccccc2n1CC(=O)NCC1=CCNCC1.Cl.Cl. The number of aromatic nitrogens is 2. The van der Waals surface area contributed by atoms with Gasteiger partial charge in [-0.05, 0) is 31.4 Å². The third-order valence-corrected chi connectivity index (χ3v) is 4.53. The summed E-state index contributed by atoms with van der Waals surface area (Å²) in [5.74, 6) is 1.79. The summed E-state index contributed by atoms with van der Waals surface area (Å²) in [5, 5.41) is 6.31. The first-order valence-corrected chi connectivity index (χ1v) is 9.25. The minimum atomic E-state index is 0. The molecule has 0 saturated carbocycles. The summed E-state index contributed by atoms with van der Waals surface area (Å²) in [4.78, 5) is 17.0. The summed E-state index contributed by atoms with van der Waals surface area (Å²) < 4.78 is 2.03. The van der Waals surface area contributed by atoms with Crippen LogP contribution in [0.3, 0.4) is 0 Å². The van der Waals surface area contributed by atoms with Crippen molar-refractivity contribution in [1.82, 2.24) is 20.2 Å². The van der Waals surface area contributed by atoms with Crippen molar-refractivity contribution in [1.29, 1.82) is 0 Å². The van der Waals surface area contributed by atoms with Crippen molar-refractivity contribution in [3.8, 4) is 0 Å². The molecule has 138 valence electrons. The van der Waals surface area contributed by atoms with Crippen molar-refractivity contribution in [3.05, 3.63) is 41.7 Å². The third kappa shape index (κ3) is 5.64. The maximum atomic E-state index is 12.3. The Bertz CT molecular complexity index is 733. The second-order valence-electron chi connectivity index (χ2n) is 5.63. The van der Waals surface area contributed by atoms with E-state index in [1.165, 1.54) is 5.57 Å². The van der Waals surface area contributed by atoms with Crippen molar-refractivity contribution in [2.24, 2.45) is 0 Å². The molecule has 1 aliphatic heterocycles. The molecule has 5 nitrogen and oxygen atoms in total. The van der Waals surface area contributed by atoms with E-state index in [1.807, 2.05) is 35.1 Å². The van der Waals surface area contributed by atoms with Gasteiger partial charge in [0.25, 0.3) is 0 Å². The number of carbonyl (C=O) groups is 1. The molecule has 2 N–H and O–H groups in total. The van der Waals surface area contributed by atoms with Gasteiger partial charge in [0, 0.05) is 13.1 Å². The first kappa shape index (κ1) is 21.8. The number of nitrogens with one attached hydrogen (secondary N) is 2. The van der Waals surface area contributed by atoms with E-state index in [1.54, 1.807) is 11.8 Å². The number of para-hydroxylation sites is 2. The molecular weight excluding hydrogens is 379 g/mol. The van der Waals surface area contributed by atoms with Gasteiger partial charge in [-0.25, -0.2) is 4.98 Å². The molecule has 0 unspecified atom stereocenters. The first-order chi connectivity index (χ1) is 11.3. The third-order valence-electron chi connectivity index (χ3n) is 3.98. The lowest BCUT2D eigenvalue weighted by Gasteiger charge is -2.15. The Labute approximate surface area is 164 Å². The number of rotatable bonds is 6. The van der Waals surface area contributed by atoms with Crippen LogP contribution in [0.2, 0.25) is 0 Å². The Kier molecular flexibility index (Phi) is 9.35. The molecule has 1 aromatic heterocycles. The quantitative estimate of drug-likeness (QED) is 0.729. The van der Waals surface area contributed by atoms with Crippen LogP contribution in [-0.4, -0.2) is 41.3 Å². The predicted molar refractivity (Wildman–Crippen MR) is 110 cm³/mol. The molecule has 25 heavy (non-hydrogen) atoms. The number of nitrogens with zero attached hydrogens (tertiary/aromatic N) is 2. The zero-order chi connectivity index (χ0) is 16.1. The molecule has 1 aliphatic rings. The number of thioether (sulfide) groups is 1. The standard InChI is InChI=1S/C17H22N4OS.2ClH/c1-23-12-16-20-14-4-2-3-5-15(14)21(16)11-17(22)19-10-13-6-8-18-9-7-13;;/h2-6,18H,7-12H2,1H3,(H,19,22);2*1H. The molecule has 1 aromatic carbocycles. The highest BCUT2D eigenvalue weighted by Crippen LogP contribution is 2.18. The van der Waals surface area contributed by atoms with Crippen LogP contribution < -0.4 is 10.6 Å². The van der Waals surface area contributed by atoms with Crippen LogP contribution in [0.15, 0.2) is 35.9 Å². The fourth-order valence-electron chi connectivity index (χ4n) is 2.78. The van der Waals surface area contributed by atoms with E-state index < -0.39 is 0 Å². The fraction of sp³-hybridized carbons (Fsp3) is 0.412. The van der Waals surface area contributed by atoms with E-state index in [9.17, 15) is 4.79 Å². The molecule has 0 spiro atoms. The van der Waals surface area contributed by atoms with E-state index in [0.29, 0.717) is 13.1 Å². The van der Waals surface area contributed by atoms with Gasteiger partial charge < -0.3 is 15.2 Å². The number of hydrogen-bond donors (Lipinski definition) is 2. The van der Waals surface area contributed by atoms with Gasteiger partial charge in [0.15, 0.2) is 0 Å². The number of halogens is 2. The molecule has 0 saturated heterocycles. The van der Waals surface area contributed by atoms with Crippen LogP contribution in [0.25, 0.3) is 11.0 Å². The van der Waals surface area contributed by atoms with E-state index in [2.05, 4.69) is 21.7 Å². The van der Waals surface area contributed by atoms with Gasteiger partial charge in [-0.3, -0.25) is 4.79 Å². The monoisotopic (exact) mass is 402 g/mol. The van der Waals surface area contributed by atoms with Gasteiger partial charge in [0.2, 0.25) is 5.91 Å². The van der Waals surface area contributed by atoms with Crippen LogP contribution in [0.1, 0.15) is 12.2 Å². The highest BCUT2D eigenvalue weighted by molar-refractivity contribution is 7.97. The van der Waals surface area contributed by atoms with Crippen molar-refractivity contribution >= 4 is 53.5 Å². The fourth-order valence-corrected chi connectivity index (χ4v) is 3.26. The molecule has 0 radical (unpaired) electrons. The predicted octanol–water partition coefficient (Wildman–Crippen LogP) is 2.78. The maximum Gasteiger partial charge on any atom is 0.240 e. The molecule has 3 rings (SSSR count). The summed E-state index contributed by atoms with van der Waals surface area (Å²) in [6, 6.07) is 7.98. The topological polar surface area (TPSA) is 59.0 Å². The molecule has 2 aromatic rings. The van der Waals surface area contributed by atoms with Crippen molar-refractivity contribution in [3.63, 3.8) is 0 Å². The summed E-state index contributed by atoms with van der Waals surface area (Å²) >= 11 is 1.72. The van der Waals surface area contributed by atoms with Crippen molar-refractivity contribution < 1.29 is 4.79 Å². The van der Waals surface area contributed by atoms with Crippen LogP contribution in [0.5, 0.6) is 0 Å². The minimum absolute atomic E-state index is 0. The Hall–Kier alpha value is -1.21. The molecule has 1 amide bonds. The molecule has 2 heterocycles. The van der Waals surface area contributed by atoms with E-state index in [0.717, 1.165) is 42.1 Å². The summed E-state index contributed by atoms with van der Waals surface area (Å²) in [6.07, 6.45) is 5.22. The normalized spacial score (nSPS) is 13.6. The molecule has 0 fully saturated rings. The van der Waals surface area contributed by atoms with Gasteiger partial charge in [0.1, 0.15) is 12.4 Å². The van der Waals surface area contributed by atoms with Gasteiger partial charge in [-0.15, -0.1) is 24.8 Å². The summed E-state index contributed by atoms with van der Waals surface area (Å²) in [7, 11) is 0. The van der Waals surface area contributed by atoms with Gasteiger partial charge >= 0.3 is 0 Å². The Morgan fingerprint density at radius 2 is 2.16 bits per heavy atom. The molecule has 8 heteroatoms. The Balaban J connectivity index is 0.00000156. The second kappa shape index (κ2) is 10.7. The zero-order valence-corrected chi connectivity index (χ0v) is 16.6. The summed E-state index contributed by atoms with van der Waals surface area (Å²) in [6.45, 7) is 2.86. The molecule has 0 aliphatic carbocycles. The van der Waals surface area contributed by atoms with Crippen LogP contribution in [0.4, 0.5) is 0 Å². The average molecular weight is 403 g/mol. The smallest absolute Gasteiger partial charge is 0.240 e. The van der Waals surface area contributed by atoms with Crippen LogP contribution in [-0.2, 0) is 17.1 Å². The molecule has 0 atom stereocenters. The molecule has 0 bridgehead atoms. The van der Waals surface area contributed by atoms with Gasteiger partial charge in [-0.2, -0.15) is 11.8 Å². The van der Waals surface area contributed by atoms with E-state index >= 15 is 0 Å². The van der Waals surface area contributed by atoms with Crippen LogP contribution >= 0.6 is 36.6 Å². The number of carbonyl (C=O) groups excluding carboxylic acids is 1. The van der Waals surface area contributed by atoms with Gasteiger partial charge in [0.05, 0.1) is 16.8 Å². The van der Waals surface area contributed by atoms with Gasteiger partial charge in [-0.1, -0.05) is 23.8 Å². The highest BCUT2D eigenvalue weighted by atomic mass is 35.5. The van der Waals surface area contributed by atoms with Crippen LogP contribution in [0, 0.1) is 0 Å². The lowest BCUT2D eigenvalue weighted by molar-refractivity contribution is -0.121. The number of hydrogen-bond acceptors (Lipinski definition) is 4.